The molecule has 2 aromatic carbocycles. The van der Waals surface area contributed by atoms with Crippen LogP contribution in [0.2, 0.25) is 0 Å². The van der Waals surface area contributed by atoms with E-state index in [1.807, 2.05) is 58.0 Å². The lowest BCUT2D eigenvalue weighted by Crippen LogP contribution is -2.58. The Bertz CT molecular complexity index is 1370. The van der Waals surface area contributed by atoms with Crippen LogP contribution in [0.15, 0.2) is 53.4 Å². The van der Waals surface area contributed by atoms with Crippen molar-refractivity contribution in [2.75, 3.05) is 26.4 Å². The number of amides is 2. The zero-order valence-electron chi connectivity index (χ0n) is 26.0. The SMILES string of the molecule is CC[C@H](C)[C@H](NC(=O)[C@@H]1CCCN1)C(=O)NC(Cc1ccccc1)[C@H](O)CN(CC(C)C)S(=O)(=O)c1ccc2c(c1)OCO2. The predicted octanol–water partition coefficient (Wildman–Crippen LogP) is 2.43. The van der Waals surface area contributed by atoms with E-state index in [4.69, 9.17) is 9.47 Å². The lowest BCUT2D eigenvalue weighted by Gasteiger charge is -2.32. The van der Waals surface area contributed by atoms with Gasteiger partial charge in [-0.2, -0.15) is 4.31 Å². The van der Waals surface area contributed by atoms with Crippen LogP contribution in [-0.2, 0) is 26.0 Å². The van der Waals surface area contributed by atoms with Crippen molar-refractivity contribution in [2.45, 2.75) is 82.5 Å². The summed E-state index contributed by atoms with van der Waals surface area (Å²) in [7, 11) is -4.05. The monoisotopic (exact) mass is 630 g/mol. The van der Waals surface area contributed by atoms with Gasteiger partial charge in [0.1, 0.15) is 6.04 Å². The molecule has 1 fully saturated rings. The van der Waals surface area contributed by atoms with E-state index in [-0.39, 0.29) is 55.0 Å². The molecule has 0 radical (unpaired) electrons. The minimum Gasteiger partial charge on any atom is -0.454 e. The van der Waals surface area contributed by atoms with Gasteiger partial charge in [0.05, 0.1) is 23.1 Å². The molecule has 4 N–H and O–H groups in total. The summed E-state index contributed by atoms with van der Waals surface area (Å²) in [6, 6.07) is 11.9. The van der Waals surface area contributed by atoms with Crippen LogP contribution in [0.25, 0.3) is 0 Å². The average Bonchev–Trinajstić information content (AvgIpc) is 3.71. The number of aliphatic hydroxyl groups is 1. The summed E-state index contributed by atoms with van der Waals surface area (Å²) in [4.78, 5) is 26.8. The fourth-order valence-electron chi connectivity index (χ4n) is 5.49. The van der Waals surface area contributed by atoms with Crippen LogP contribution < -0.4 is 25.4 Å². The highest BCUT2D eigenvalue weighted by Crippen LogP contribution is 2.35. The van der Waals surface area contributed by atoms with Gasteiger partial charge in [0.25, 0.3) is 0 Å². The van der Waals surface area contributed by atoms with Gasteiger partial charge in [-0.3, -0.25) is 9.59 Å². The highest BCUT2D eigenvalue weighted by Gasteiger charge is 2.35. The number of nitrogens with zero attached hydrogens (tertiary/aromatic N) is 1. The molecule has 0 aromatic heterocycles. The van der Waals surface area contributed by atoms with Crippen LogP contribution in [0.4, 0.5) is 0 Å². The summed E-state index contributed by atoms with van der Waals surface area (Å²) in [6.45, 7) is 8.32. The van der Waals surface area contributed by atoms with Crippen LogP contribution in [0.3, 0.4) is 0 Å². The average molecular weight is 631 g/mol. The predicted molar refractivity (Wildman–Crippen MR) is 167 cm³/mol. The van der Waals surface area contributed by atoms with Gasteiger partial charge in [-0.05, 0) is 55.3 Å². The largest absolute Gasteiger partial charge is 0.454 e. The summed E-state index contributed by atoms with van der Waals surface area (Å²) in [5.74, 6) is -0.0326. The summed E-state index contributed by atoms with van der Waals surface area (Å²) in [5.41, 5.74) is 0.866. The van der Waals surface area contributed by atoms with Gasteiger partial charge in [-0.15, -0.1) is 0 Å². The molecule has 4 rings (SSSR count). The Labute approximate surface area is 260 Å². The molecule has 0 saturated carbocycles. The van der Waals surface area contributed by atoms with E-state index in [1.54, 1.807) is 6.07 Å². The van der Waals surface area contributed by atoms with Gasteiger partial charge in [0.2, 0.25) is 28.6 Å². The van der Waals surface area contributed by atoms with Crippen LogP contribution in [0.1, 0.15) is 52.5 Å². The van der Waals surface area contributed by atoms with E-state index in [0.29, 0.717) is 24.3 Å². The van der Waals surface area contributed by atoms with Crippen LogP contribution in [0.5, 0.6) is 11.5 Å². The fraction of sp³-hybridized carbons (Fsp3) is 0.562. The Balaban J connectivity index is 1.58. The Kier molecular flexibility index (Phi) is 11.6. The lowest BCUT2D eigenvalue weighted by atomic mass is 9.95. The molecule has 12 heteroatoms. The number of sulfonamides is 1. The third-order valence-electron chi connectivity index (χ3n) is 8.20. The first-order valence-electron chi connectivity index (χ1n) is 15.5. The van der Waals surface area contributed by atoms with Crippen molar-refractivity contribution in [1.82, 2.24) is 20.3 Å². The minimum atomic E-state index is -4.05. The number of hydrogen-bond acceptors (Lipinski definition) is 8. The molecule has 5 atom stereocenters. The van der Waals surface area contributed by atoms with E-state index in [0.717, 1.165) is 18.5 Å². The van der Waals surface area contributed by atoms with Gasteiger partial charge >= 0.3 is 0 Å². The van der Waals surface area contributed by atoms with E-state index < -0.39 is 34.1 Å². The number of carbonyl (C=O) groups excluding carboxylic acids is 2. The van der Waals surface area contributed by atoms with Crippen LogP contribution in [0, 0.1) is 11.8 Å². The van der Waals surface area contributed by atoms with Gasteiger partial charge in [-0.1, -0.05) is 64.4 Å². The first-order chi connectivity index (χ1) is 21.0. The molecule has 2 heterocycles. The molecule has 1 unspecified atom stereocenters. The smallest absolute Gasteiger partial charge is 0.243 e. The molecule has 2 amide bonds. The summed E-state index contributed by atoms with van der Waals surface area (Å²) >= 11 is 0. The zero-order chi connectivity index (χ0) is 31.9. The third kappa shape index (κ3) is 8.50. The second-order valence-corrected chi connectivity index (χ2v) is 14.1. The maximum absolute atomic E-state index is 13.9. The first-order valence-corrected chi connectivity index (χ1v) is 16.9. The maximum atomic E-state index is 13.9. The van der Waals surface area contributed by atoms with Crippen molar-refractivity contribution in [1.29, 1.82) is 0 Å². The molecule has 0 aliphatic carbocycles. The van der Waals surface area contributed by atoms with Crippen LogP contribution in [-0.4, -0.2) is 80.3 Å². The second-order valence-electron chi connectivity index (χ2n) is 12.1. The van der Waals surface area contributed by atoms with Crippen molar-refractivity contribution < 1.29 is 32.6 Å². The molecule has 44 heavy (non-hydrogen) atoms. The molecular weight excluding hydrogens is 584 g/mol. The number of ether oxygens (including phenoxy) is 2. The van der Waals surface area contributed by atoms with Crippen molar-refractivity contribution in [3.05, 3.63) is 54.1 Å². The first kappa shape index (κ1) is 33.7. The second kappa shape index (κ2) is 15.2. The maximum Gasteiger partial charge on any atom is 0.243 e. The van der Waals surface area contributed by atoms with Crippen LogP contribution >= 0.6 is 0 Å². The molecule has 242 valence electrons. The molecule has 2 aliphatic heterocycles. The number of benzene rings is 2. The van der Waals surface area contributed by atoms with Gasteiger partial charge < -0.3 is 30.5 Å². The molecular formula is C32H46N4O7S. The molecule has 2 aromatic rings. The van der Waals surface area contributed by atoms with Gasteiger partial charge in [-0.25, -0.2) is 8.42 Å². The number of fused-ring (bicyclic) bond motifs is 1. The van der Waals surface area contributed by atoms with Gasteiger partial charge in [0, 0.05) is 19.2 Å². The van der Waals surface area contributed by atoms with E-state index in [1.165, 1.54) is 16.4 Å². The van der Waals surface area contributed by atoms with Gasteiger partial charge in [0.15, 0.2) is 11.5 Å². The molecule has 11 nitrogen and oxygen atoms in total. The summed E-state index contributed by atoms with van der Waals surface area (Å²) < 4.78 is 39.7. The lowest BCUT2D eigenvalue weighted by molar-refractivity contribution is -0.132. The Hall–Kier alpha value is -3.19. The van der Waals surface area contributed by atoms with Crippen molar-refractivity contribution in [3.8, 4) is 11.5 Å². The number of nitrogens with one attached hydrogen (secondary N) is 3. The number of aliphatic hydroxyl groups excluding tert-OH is 1. The Morgan fingerprint density at radius 3 is 2.43 bits per heavy atom. The quantitative estimate of drug-likeness (QED) is 0.235. The highest BCUT2D eigenvalue weighted by molar-refractivity contribution is 7.89. The number of carbonyl (C=O) groups is 2. The number of rotatable bonds is 15. The van der Waals surface area contributed by atoms with Crippen molar-refractivity contribution >= 4 is 21.8 Å². The molecule has 0 bridgehead atoms. The minimum absolute atomic E-state index is 0.0172. The van der Waals surface area contributed by atoms with Crippen molar-refractivity contribution in [2.24, 2.45) is 11.8 Å². The van der Waals surface area contributed by atoms with E-state index in [2.05, 4.69) is 16.0 Å². The summed E-state index contributed by atoms with van der Waals surface area (Å²) in [5, 5.41) is 20.7. The number of hydrogen-bond donors (Lipinski definition) is 4. The highest BCUT2D eigenvalue weighted by atomic mass is 32.2. The third-order valence-corrected chi connectivity index (χ3v) is 10.0. The summed E-state index contributed by atoms with van der Waals surface area (Å²) in [6.07, 6.45) is 1.26. The van der Waals surface area contributed by atoms with E-state index in [9.17, 15) is 23.1 Å². The Morgan fingerprint density at radius 2 is 1.77 bits per heavy atom. The van der Waals surface area contributed by atoms with Crippen molar-refractivity contribution in [3.63, 3.8) is 0 Å². The molecule has 1 saturated heterocycles. The standard InChI is InChI=1S/C32H46N4O7S/c1-5-22(4)30(35-31(38)25-12-9-15-33-25)32(39)34-26(16-23-10-7-6-8-11-23)27(37)19-36(18-21(2)3)44(40,41)24-13-14-28-29(17-24)43-20-42-28/h6-8,10-11,13-14,17,21-22,25-27,30,33,37H,5,9,12,15-16,18-20H2,1-4H3,(H,34,39)(H,35,38)/t22-,25-,26?,27+,30-/m0/s1. The topological polar surface area (TPSA) is 146 Å². The molecule has 0 spiro atoms. The Morgan fingerprint density at radius 1 is 1.05 bits per heavy atom. The fourth-order valence-corrected chi connectivity index (χ4v) is 7.13. The van der Waals surface area contributed by atoms with E-state index >= 15 is 0 Å². The normalized spacial score (nSPS) is 19.0. The zero-order valence-corrected chi connectivity index (χ0v) is 26.8. The molecule has 2 aliphatic rings.